The Labute approximate surface area is 375 Å². The summed E-state index contributed by atoms with van der Waals surface area (Å²) in [5, 5.41) is 29.9. The summed E-state index contributed by atoms with van der Waals surface area (Å²) >= 11 is 1.82. The molecule has 2 aliphatic rings. The molecule has 2 saturated heterocycles. The molecule has 7 atom stereocenters. The molecule has 0 aliphatic carbocycles. The molecular formula is C38H66N14O11S. The van der Waals surface area contributed by atoms with Crippen LogP contribution < -0.4 is 70.9 Å². The van der Waals surface area contributed by atoms with Gasteiger partial charge in [0.25, 0.3) is 0 Å². The molecule has 0 aromatic heterocycles. The van der Waals surface area contributed by atoms with Crippen LogP contribution in [-0.4, -0.2) is 138 Å². The number of rotatable bonds is 31. The lowest BCUT2D eigenvalue weighted by atomic mass is 9.92. The molecule has 11 amide bonds. The molecule has 0 aromatic rings. The number of hydrogen-bond donors (Lipinski definition) is 14. The summed E-state index contributed by atoms with van der Waals surface area (Å²) in [6.07, 6.45) is 3.11. The first-order valence-electron chi connectivity index (χ1n) is 21.2. The number of fused-ring (bicyclic) bond motifs is 1. The van der Waals surface area contributed by atoms with E-state index >= 15 is 0 Å². The van der Waals surface area contributed by atoms with Crippen molar-refractivity contribution in [2.24, 2.45) is 39.8 Å². The molecule has 0 spiro atoms. The Morgan fingerprint density at radius 2 is 1.42 bits per heavy atom. The Bertz CT molecular complexity index is 1680. The highest BCUT2D eigenvalue weighted by Gasteiger charge is 2.42. The monoisotopic (exact) mass is 926 g/mol. The maximum atomic E-state index is 13.4. The zero-order chi connectivity index (χ0) is 47.8. The van der Waals surface area contributed by atoms with Gasteiger partial charge in [0.1, 0.15) is 18.1 Å². The van der Waals surface area contributed by atoms with Gasteiger partial charge in [-0.05, 0) is 57.3 Å². The molecule has 2 rings (SSSR count). The van der Waals surface area contributed by atoms with Crippen LogP contribution >= 0.6 is 11.8 Å². The van der Waals surface area contributed by atoms with Gasteiger partial charge in [-0.15, -0.1) is 0 Å². The molecule has 18 N–H and O–H groups in total. The Hall–Kier alpha value is -5.92. The maximum Gasteiger partial charge on any atom is 0.315 e. The quantitative estimate of drug-likeness (QED) is 0.00781. The predicted octanol–water partition coefficient (Wildman–Crippen LogP) is -4.34. The van der Waals surface area contributed by atoms with E-state index in [1.165, 1.54) is 5.48 Å². The van der Waals surface area contributed by atoms with Crippen LogP contribution in [0.1, 0.15) is 90.9 Å². The number of amides is 11. The fourth-order valence-electron chi connectivity index (χ4n) is 6.99. The molecule has 0 bridgehead atoms. The minimum atomic E-state index is -1.57. The zero-order valence-corrected chi connectivity index (χ0v) is 37.2. The first kappa shape index (κ1) is 54.2. The van der Waals surface area contributed by atoms with Gasteiger partial charge >= 0.3 is 6.03 Å². The van der Waals surface area contributed by atoms with Gasteiger partial charge in [0.05, 0.1) is 31.6 Å². The molecule has 1 unspecified atom stereocenters. The second kappa shape index (κ2) is 28.7. The Morgan fingerprint density at radius 3 is 2.08 bits per heavy atom. The van der Waals surface area contributed by atoms with Crippen molar-refractivity contribution in [3.8, 4) is 0 Å². The fraction of sp³-hybridized carbons (Fsp3) is 0.711. The number of primary amides is 2. The number of thioether (sulfide) groups is 1. The highest BCUT2D eigenvalue weighted by atomic mass is 32.2. The van der Waals surface area contributed by atoms with Crippen molar-refractivity contribution in [3.05, 3.63) is 0 Å². The van der Waals surface area contributed by atoms with Crippen LogP contribution in [0.4, 0.5) is 4.79 Å². The van der Waals surface area contributed by atoms with Crippen LogP contribution in [-0.2, 0) is 43.2 Å². The van der Waals surface area contributed by atoms with Gasteiger partial charge in [-0.3, -0.25) is 53.4 Å². The lowest BCUT2D eigenvalue weighted by Gasteiger charge is -2.25. The van der Waals surface area contributed by atoms with Crippen LogP contribution in [0, 0.1) is 11.8 Å². The van der Waals surface area contributed by atoms with E-state index in [2.05, 4.69) is 47.5 Å². The Kier molecular flexibility index (Phi) is 24.3. The van der Waals surface area contributed by atoms with Crippen molar-refractivity contribution in [1.82, 2.24) is 48.0 Å². The molecule has 0 aromatic carbocycles. The average molecular weight is 927 g/mol. The van der Waals surface area contributed by atoms with E-state index in [0.717, 1.165) is 18.6 Å². The van der Waals surface area contributed by atoms with Crippen LogP contribution in [0.5, 0.6) is 0 Å². The van der Waals surface area contributed by atoms with Gasteiger partial charge in [0.2, 0.25) is 53.2 Å². The van der Waals surface area contributed by atoms with Gasteiger partial charge in [0.15, 0.2) is 5.96 Å². The number of guanidine groups is 1. The number of carbonyl (C=O) groups excluding carboxylic acids is 10. The lowest BCUT2D eigenvalue weighted by molar-refractivity contribution is -0.137. The molecule has 360 valence electrons. The number of hydrogen-bond acceptors (Lipinski definition) is 13. The predicted molar refractivity (Wildman–Crippen MR) is 233 cm³/mol. The molecule has 0 saturated carbocycles. The summed E-state index contributed by atoms with van der Waals surface area (Å²) < 4.78 is 0. The SMILES string of the molecule is CC(C)CC(CC(=O)NO)C(=O)N[C@@H](CC(N)=O)C(=O)N[C@@H](CCCN=C(N)N)C(=O)NCC(=O)NCC(=O)N[C@@H](CCCCNC(=O)CCCC[C@@H]1SC[C@@H]2NC(=O)N[C@@H]21)C(N)=O. The molecule has 2 aliphatic heterocycles. The van der Waals surface area contributed by atoms with Crippen molar-refractivity contribution in [2.45, 2.75) is 126 Å². The second-order valence-corrected chi connectivity index (χ2v) is 17.3. The first-order valence-corrected chi connectivity index (χ1v) is 22.3. The summed E-state index contributed by atoms with van der Waals surface area (Å²) in [6, 6.07) is -3.83. The molecule has 64 heavy (non-hydrogen) atoms. The summed E-state index contributed by atoms with van der Waals surface area (Å²) in [4.78, 5) is 128. The van der Waals surface area contributed by atoms with E-state index in [0.29, 0.717) is 37.5 Å². The zero-order valence-electron chi connectivity index (χ0n) is 36.3. The normalized spacial score (nSPS) is 18.1. The van der Waals surface area contributed by atoms with Gasteiger partial charge in [-0.2, -0.15) is 11.8 Å². The van der Waals surface area contributed by atoms with Gasteiger partial charge in [-0.1, -0.05) is 20.3 Å². The minimum Gasteiger partial charge on any atom is -0.370 e. The van der Waals surface area contributed by atoms with E-state index in [4.69, 9.17) is 28.1 Å². The maximum absolute atomic E-state index is 13.4. The number of unbranched alkanes of at least 4 members (excludes halogenated alkanes) is 2. The van der Waals surface area contributed by atoms with E-state index in [-0.39, 0.29) is 68.1 Å². The smallest absolute Gasteiger partial charge is 0.315 e. The number of carbonyl (C=O) groups is 10. The molecule has 2 heterocycles. The van der Waals surface area contributed by atoms with Crippen LogP contribution in [0.2, 0.25) is 0 Å². The summed E-state index contributed by atoms with van der Waals surface area (Å²) in [7, 11) is 0. The highest BCUT2D eigenvalue weighted by molar-refractivity contribution is 8.00. The second-order valence-electron chi connectivity index (χ2n) is 16.0. The van der Waals surface area contributed by atoms with Gasteiger partial charge in [0, 0.05) is 42.9 Å². The van der Waals surface area contributed by atoms with Crippen LogP contribution in [0.3, 0.4) is 0 Å². The van der Waals surface area contributed by atoms with Crippen molar-refractivity contribution in [2.75, 3.05) is 31.9 Å². The average Bonchev–Trinajstić information content (AvgIpc) is 3.78. The van der Waals surface area contributed by atoms with Crippen LogP contribution in [0.15, 0.2) is 4.99 Å². The number of nitrogens with one attached hydrogen (secondary N) is 9. The van der Waals surface area contributed by atoms with Gasteiger partial charge < -0.3 is 65.5 Å². The van der Waals surface area contributed by atoms with Crippen molar-refractivity contribution in [3.63, 3.8) is 0 Å². The van der Waals surface area contributed by atoms with E-state index in [1.54, 1.807) is 13.8 Å². The Morgan fingerprint density at radius 1 is 0.734 bits per heavy atom. The summed E-state index contributed by atoms with van der Waals surface area (Å²) in [6.45, 7) is 2.75. The third-order valence-electron chi connectivity index (χ3n) is 10.2. The summed E-state index contributed by atoms with van der Waals surface area (Å²) in [5.74, 6) is -7.33. The van der Waals surface area contributed by atoms with E-state index in [9.17, 15) is 47.9 Å². The third-order valence-corrected chi connectivity index (χ3v) is 11.7. The van der Waals surface area contributed by atoms with Gasteiger partial charge in [-0.25, -0.2) is 10.3 Å². The third kappa shape index (κ3) is 21.4. The fourth-order valence-corrected chi connectivity index (χ4v) is 8.54. The number of aliphatic imine (C=N–C) groups is 1. The molecule has 26 heteroatoms. The summed E-state index contributed by atoms with van der Waals surface area (Å²) in [5.41, 5.74) is 23.0. The molecular weight excluding hydrogens is 861 g/mol. The topological polar surface area (TPSA) is 416 Å². The standard InChI is InChI=1S/C38H66N14O11S/c1-20(2)14-21(15-29(55)52-63)34(59)49-24(16-27(39)53)36(61)48-23(9-7-13-44-37(41)42)35(60)46-17-30(56)45-18-31(57)47-22(33(40)58)8-5-6-12-43-28(54)11-4-3-10-26-32-25(19-64-26)50-38(62)51-32/h20-26,32,63H,3-19H2,1-2H3,(H2,39,53)(H2,40,58)(H,43,54)(H,45,56)(H,46,60)(H,47,57)(H,48,61)(H,49,59)(H,52,55)(H4,41,42,44)(H2,50,51,62)/t21?,22-,23-,24-,25-,26-,32-/m0/s1. The van der Waals surface area contributed by atoms with Crippen LogP contribution in [0.25, 0.3) is 0 Å². The van der Waals surface area contributed by atoms with Crippen molar-refractivity contribution in [1.29, 1.82) is 0 Å². The minimum absolute atomic E-state index is 0.0514. The van der Waals surface area contributed by atoms with E-state index < -0.39 is 97.2 Å². The largest absolute Gasteiger partial charge is 0.370 e. The molecule has 25 nitrogen and oxygen atoms in total. The number of urea groups is 1. The molecule has 2 fully saturated rings. The highest BCUT2D eigenvalue weighted by Crippen LogP contribution is 2.33. The van der Waals surface area contributed by atoms with Crippen molar-refractivity contribution >= 4 is 76.9 Å². The Balaban J connectivity index is 1.82. The lowest BCUT2D eigenvalue weighted by Crippen LogP contribution is -2.56. The van der Waals surface area contributed by atoms with Crippen molar-refractivity contribution < 1.29 is 53.2 Å². The van der Waals surface area contributed by atoms with E-state index in [1.807, 2.05) is 11.8 Å². The number of nitrogens with two attached hydrogens (primary N) is 4. The molecule has 0 radical (unpaired) electrons. The number of hydroxylamine groups is 1. The number of nitrogens with zero attached hydrogens (tertiary/aromatic N) is 1. The first-order chi connectivity index (χ1) is 30.3.